The number of benzene rings is 1. The number of nitrogens with one attached hydrogen (secondary N) is 1. The maximum atomic E-state index is 12.3. The Morgan fingerprint density at radius 2 is 2.11 bits per heavy atom. The lowest BCUT2D eigenvalue weighted by Crippen LogP contribution is -2.30. The highest BCUT2D eigenvalue weighted by molar-refractivity contribution is 9.10. The zero-order valence-electron chi connectivity index (χ0n) is 15.4. The fourth-order valence-corrected chi connectivity index (χ4v) is 5.46. The molecule has 1 unspecified atom stereocenters. The van der Waals surface area contributed by atoms with Gasteiger partial charge in [0.1, 0.15) is 9.96 Å². The van der Waals surface area contributed by atoms with Gasteiger partial charge in [-0.05, 0) is 58.4 Å². The molecule has 9 heteroatoms. The second-order valence-corrected chi connectivity index (χ2v) is 10.1. The van der Waals surface area contributed by atoms with Crippen molar-refractivity contribution in [2.75, 3.05) is 20.7 Å². The molecule has 148 valence electrons. The van der Waals surface area contributed by atoms with E-state index >= 15 is 0 Å². The van der Waals surface area contributed by atoms with Gasteiger partial charge in [0.2, 0.25) is 5.91 Å². The summed E-state index contributed by atoms with van der Waals surface area (Å²) in [5.41, 5.74) is 0.952. The molecule has 0 radical (unpaired) electrons. The minimum Gasteiger partial charge on any atom is -0.496 e. The van der Waals surface area contributed by atoms with Gasteiger partial charge in [0.15, 0.2) is 0 Å². The van der Waals surface area contributed by atoms with Crippen molar-refractivity contribution >= 4 is 43.2 Å². The van der Waals surface area contributed by atoms with Gasteiger partial charge < -0.3 is 10.1 Å². The van der Waals surface area contributed by atoms with E-state index < -0.39 is 10.0 Å². The Hall–Kier alpha value is -1.42. The average molecular weight is 475 g/mol. The number of methoxy groups -OCH3 is 1. The molecule has 0 spiro atoms. The molecule has 0 saturated carbocycles. The van der Waals surface area contributed by atoms with E-state index in [2.05, 4.69) is 21.2 Å². The van der Waals surface area contributed by atoms with E-state index in [1.54, 1.807) is 24.6 Å². The van der Waals surface area contributed by atoms with Gasteiger partial charge in [0.25, 0.3) is 10.0 Å². The Kier molecular flexibility index (Phi) is 7.84. The average Bonchev–Trinajstić information content (AvgIpc) is 3.16. The van der Waals surface area contributed by atoms with E-state index in [4.69, 9.17) is 4.74 Å². The monoisotopic (exact) mass is 474 g/mol. The van der Waals surface area contributed by atoms with Crippen LogP contribution in [0.5, 0.6) is 5.75 Å². The summed E-state index contributed by atoms with van der Waals surface area (Å²) in [4.78, 5) is 12.2. The predicted octanol–water partition coefficient (Wildman–Crippen LogP) is 3.80. The molecule has 0 aliphatic rings. The van der Waals surface area contributed by atoms with Crippen molar-refractivity contribution in [2.24, 2.45) is 0 Å². The van der Waals surface area contributed by atoms with E-state index in [1.807, 2.05) is 25.1 Å². The lowest BCUT2D eigenvalue weighted by atomic mass is 10.1. The number of hydrogen-bond donors (Lipinski definition) is 1. The number of carbonyl (C=O) groups excluding carboxylic acids is 1. The number of ether oxygens (including phenoxy) is 1. The second kappa shape index (κ2) is 9.68. The molecule has 0 bridgehead atoms. The third-order valence-electron chi connectivity index (χ3n) is 4.09. The quantitative estimate of drug-likeness (QED) is 0.599. The lowest BCUT2D eigenvalue weighted by molar-refractivity contribution is -0.121. The number of halogens is 1. The van der Waals surface area contributed by atoms with Gasteiger partial charge in [0.05, 0.1) is 17.6 Å². The van der Waals surface area contributed by atoms with Gasteiger partial charge in [-0.2, -0.15) is 0 Å². The molecule has 0 fully saturated rings. The molecular weight excluding hydrogens is 452 g/mol. The maximum absolute atomic E-state index is 12.3. The number of amides is 1. The highest BCUT2D eigenvalue weighted by atomic mass is 79.9. The van der Waals surface area contributed by atoms with Crippen LogP contribution in [0.4, 0.5) is 0 Å². The summed E-state index contributed by atoms with van der Waals surface area (Å²) >= 11 is 4.62. The first-order chi connectivity index (χ1) is 12.8. The largest absolute Gasteiger partial charge is 0.496 e. The van der Waals surface area contributed by atoms with Crippen molar-refractivity contribution in [3.8, 4) is 5.75 Å². The second-order valence-electron chi connectivity index (χ2n) is 6.05. The summed E-state index contributed by atoms with van der Waals surface area (Å²) in [5.74, 6) is 0.614. The highest BCUT2D eigenvalue weighted by Crippen LogP contribution is 2.28. The van der Waals surface area contributed by atoms with Crippen molar-refractivity contribution in [3.05, 3.63) is 45.7 Å². The molecule has 1 aromatic carbocycles. The highest BCUT2D eigenvalue weighted by Gasteiger charge is 2.21. The predicted molar refractivity (Wildman–Crippen MR) is 111 cm³/mol. The SMILES string of the molecule is COc1ccc(C(C)NC(=O)CCCN(C)S(=O)(=O)c2cccs2)cc1Br. The van der Waals surface area contributed by atoms with Gasteiger partial charge in [-0.3, -0.25) is 4.79 Å². The zero-order chi connectivity index (χ0) is 20.0. The summed E-state index contributed by atoms with van der Waals surface area (Å²) in [6.45, 7) is 2.19. The molecule has 2 aromatic rings. The first-order valence-corrected chi connectivity index (χ1v) is 11.5. The molecule has 0 saturated heterocycles. The number of nitrogens with zero attached hydrogens (tertiary/aromatic N) is 1. The Bertz CT molecular complexity index is 869. The molecule has 1 heterocycles. The van der Waals surface area contributed by atoms with E-state index in [0.717, 1.165) is 15.8 Å². The van der Waals surface area contributed by atoms with Crippen molar-refractivity contribution in [1.29, 1.82) is 0 Å². The van der Waals surface area contributed by atoms with Crippen LogP contribution >= 0.6 is 27.3 Å². The van der Waals surface area contributed by atoms with E-state index in [1.165, 1.54) is 22.7 Å². The van der Waals surface area contributed by atoms with Crippen LogP contribution in [0.1, 0.15) is 31.4 Å². The first-order valence-electron chi connectivity index (χ1n) is 8.38. The minimum atomic E-state index is -3.47. The van der Waals surface area contributed by atoms with Crippen LogP contribution in [-0.4, -0.2) is 39.3 Å². The van der Waals surface area contributed by atoms with Gasteiger partial charge in [-0.1, -0.05) is 12.1 Å². The molecule has 1 aromatic heterocycles. The number of hydrogen-bond acceptors (Lipinski definition) is 5. The van der Waals surface area contributed by atoms with Crippen molar-refractivity contribution in [1.82, 2.24) is 9.62 Å². The molecule has 1 atom stereocenters. The molecule has 1 amide bonds. The Morgan fingerprint density at radius 1 is 1.37 bits per heavy atom. The fraction of sp³-hybridized carbons (Fsp3) is 0.389. The molecule has 0 aliphatic carbocycles. The maximum Gasteiger partial charge on any atom is 0.252 e. The molecule has 1 N–H and O–H groups in total. The van der Waals surface area contributed by atoms with E-state index in [-0.39, 0.29) is 24.9 Å². The third-order valence-corrected chi connectivity index (χ3v) is 7.94. The fourth-order valence-electron chi connectivity index (χ4n) is 2.50. The summed E-state index contributed by atoms with van der Waals surface area (Å²) < 4.78 is 32.3. The van der Waals surface area contributed by atoms with E-state index in [0.29, 0.717) is 10.6 Å². The van der Waals surface area contributed by atoms with Gasteiger partial charge in [0, 0.05) is 20.0 Å². The molecule has 6 nitrogen and oxygen atoms in total. The number of thiophene rings is 1. The molecule has 0 aliphatic heterocycles. The van der Waals surface area contributed by atoms with Crippen LogP contribution in [0.15, 0.2) is 44.4 Å². The first kappa shape index (κ1) is 21.9. The number of rotatable bonds is 9. The summed E-state index contributed by atoms with van der Waals surface area (Å²) in [6.07, 6.45) is 0.706. The molecular formula is C18H23BrN2O4S2. The van der Waals surface area contributed by atoms with Gasteiger partial charge in [-0.25, -0.2) is 12.7 Å². The van der Waals surface area contributed by atoms with Gasteiger partial charge >= 0.3 is 0 Å². The topological polar surface area (TPSA) is 75.7 Å². The van der Waals surface area contributed by atoms with Gasteiger partial charge in [-0.15, -0.1) is 11.3 Å². The van der Waals surface area contributed by atoms with Crippen LogP contribution in [0.25, 0.3) is 0 Å². The van der Waals surface area contributed by atoms with Crippen molar-refractivity contribution in [3.63, 3.8) is 0 Å². The minimum absolute atomic E-state index is 0.114. The smallest absolute Gasteiger partial charge is 0.252 e. The standard InChI is InChI=1S/C18H23BrN2O4S2/c1-13(14-8-9-16(25-3)15(19)12-14)20-17(22)6-4-10-21(2)27(23,24)18-7-5-11-26-18/h5,7-9,11-13H,4,6,10H2,1-3H3,(H,20,22). The normalized spacial score (nSPS) is 12.8. The third kappa shape index (κ3) is 5.78. The van der Waals surface area contributed by atoms with Crippen LogP contribution in [-0.2, 0) is 14.8 Å². The number of sulfonamides is 1. The Labute approximate surface area is 172 Å². The van der Waals surface area contributed by atoms with Crippen molar-refractivity contribution < 1.29 is 17.9 Å². The lowest BCUT2D eigenvalue weighted by Gasteiger charge is -2.17. The Morgan fingerprint density at radius 3 is 2.70 bits per heavy atom. The number of carbonyl (C=O) groups is 1. The van der Waals surface area contributed by atoms with Crippen LogP contribution in [0.3, 0.4) is 0 Å². The Balaban J connectivity index is 1.83. The van der Waals surface area contributed by atoms with Crippen LogP contribution < -0.4 is 10.1 Å². The zero-order valence-corrected chi connectivity index (χ0v) is 18.7. The summed E-state index contributed by atoms with van der Waals surface area (Å²) in [5, 5.41) is 4.66. The summed E-state index contributed by atoms with van der Waals surface area (Å²) in [6, 6.07) is 8.77. The summed E-state index contributed by atoms with van der Waals surface area (Å²) in [7, 11) is -0.338. The van der Waals surface area contributed by atoms with Crippen LogP contribution in [0, 0.1) is 0 Å². The van der Waals surface area contributed by atoms with E-state index in [9.17, 15) is 13.2 Å². The van der Waals surface area contributed by atoms with Crippen molar-refractivity contribution in [2.45, 2.75) is 30.0 Å². The van der Waals surface area contributed by atoms with Crippen LogP contribution in [0.2, 0.25) is 0 Å². The molecule has 2 rings (SSSR count). The molecule has 27 heavy (non-hydrogen) atoms.